The van der Waals surface area contributed by atoms with Gasteiger partial charge in [-0.2, -0.15) is 5.10 Å². The van der Waals surface area contributed by atoms with Crippen molar-refractivity contribution < 1.29 is 4.79 Å². The lowest BCUT2D eigenvalue weighted by Crippen LogP contribution is -2.40. The van der Waals surface area contributed by atoms with E-state index in [1.807, 2.05) is 92.2 Å². The second-order valence-electron chi connectivity index (χ2n) is 6.73. The zero-order valence-electron chi connectivity index (χ0n) is 14.2. The highest BCUT2D eigenvalue weighted by Crippen LogP contribution is 2.24. The van der Waals surface area contributed by atoms with Gasteiger partial charge in [-0.1, -0.05) is 48.5 Å². The lowest BCUT2D eigenvalue weighted by atomic mass is 10.1. The first-order valence-electron chi connectivity index (χ1n) is 7.97. The minimum atomic E-state index is -0.305. The van der Waals surface area contributed by atoms with Crippen LogP contribution in [0.4, 0.5) is 0 Å². The fourth-order valence-corrected chi connectivity index (χ4v) is 2.48. The minimum absolute atomic E-state index is 0.172. The maximum Gasteiger partial charge on any atom is 0.272 e. The van der Waals surface area contributed by atoms with Gasteiger partial charge < -0.3 is 5.32 Å². The first-order valence-corrected chi connectivity index (χ1v) is 7.97. The molecule has 1 heterocycles. The molecule has 0 radical (unpaired) electrons. The van der Waals surface area contributed by atoms with Crippen molar-refractivity contribution in [3.63, 3.8) is 0 Å². The van der Waals surface area contributed by atoms with E-state index in [0.29, 0.717) is 5.69 Å². The van der Waals surface area contributed by atoms with E-state index >= 15 is 0 Å². The van der Waals surface area contributed by atoms with Gasteiger partial charge in [0.25, 0.3) is 5.91 Å². The lowest BCUT2D eigenvalue weighted by Gasteiger charge is -2.19. The molecular weight excluding hydrogens is 298 g/mol. The summed E-state index contributed by atoms with van der Waals surface area (Å²) in [6, 6.07) is 21.6. The highest BCUT2D eigenvalue weighted by Gasteiger charge is 2.20. The molecule has 1 aromatic heterocycles. The normalized spacial score (nSPS) is 11.3. The Hall–Kier alpha value is -2.88. The average Bonchev–Trinajstić information content (AvgIpc) is 3.00. The first kappa shape index (κ1) is 16.0. The van der Waals surface area contributed by atoms with Crippen molar-refractivity contribution in [3.8, 4) is 16.9 Å². The third kappa shape index (κ3) is 3.54. The molecule has 0 fully saturated rings. The Morgan fingerprint density at radius 3 is 2.12 bits per heavy atom. The molecular formula is C20H21N3O. The van der Waals surface area contributed by atoms with E-state index in [1.165, 1.54) is 0 Å². The second-order valence-corrected chi connectivity index (χ2v) is 6.73. The molecule has 4 heteroatoms. The number of nitrogens with zero attached hydrogens (tertiary/aromatic N) is 2. The molecule has 0 saturated heterocycles. The van der Waals surface area contributed by atoms with Crippen molar-refractivity contribution in [2.45, 2.75) is 26.3 Å². The molecule has 1 N–H and O–H groups in total. The van der Waals surface area contributed by atoms with Crippen molar-refractivity contribution >= 4 is 5.91 Å². The number of para-hydroxylation sites is 1. The first-order chi connectivity index (χ1) is 11.4. The summed E-state index contributed by atoms with van der Waals surface area (Å²) in [6.07, 6.45) is 0. The van der Waals surface area contributed by atoms with Gasteiger partial charge in [-0.25, -0.2) is 4.68 Å². The monoisotopic (exact) mass is 319 g/mol. The highest BCUT2D eigenvalue weighted by atomic mass is 16.2. The summed E-state index contributed by atoms with van der Waals surface area (Å²) in [6.45, 7) is 5.87. The minimum Gasteiger partial charge on any atom is -0.346 e. The molecule has 4 nitrogen and oxygen atoms in total. The topological polar surface area (TPSA) is 46.9 Å². The van der Waals surface area contributed by atoms with Gasteiger partial charge in [0, 0.05) is 11.1 Å². The predicted octanol–water partition coefficient (Wildman–Crippen LogP) is 4.07. The molecule has 2 aromatic carbocycles. The van der Waals surface area contributed by atoms with E-state index in [1.54, 1.807) is 0 Å². The van der Waals surface area contributed by atoms with Crippen LogP contribution in [0.5, 0.6) is 0 Å². The molecule has 0 aliphatic heterocycles. The van der Waals surface area contributed by atoms with Crippen molar-refractivity contribution in [1.82, 2.24) is 15.1 Å². The molecule has 1 amide bonds. The maximum atomic E-state index is 12.5. The van der Waals surface area contributed by atoms with Gasteiger partial charge in [-0.15, -0.1) is 0 Å². The van der Waals surface area contributed by atoms with E-state index in [4.69, 9.17) is 0 Å². The molecule has 0 atom stereocenters. The quantitative estimate of drug-likeness (QED) is 0.791. The zero-order chi connectivity index (χ0) is 17.2. The van der Waals surface area contributed by atoms with Crippen LogP contribution in [0.3, 0.4) is 0 Å². The van der Waals surface area contributed by atoms with Crippen LogP contribution >= 0.6 is 0 Å². The Morgan fingerprint density at radius 2 is 1.54 bits per heavy atom. The van der Waals surface area contributed by atoms with Gasteiger partial charge in [0.15, 0.2) is 5.69 Å². The Balaban J connectivity index is 2.08. The summed E-state index contributed by atoms with van der Waals surface area (Å²) in [4.78, 5) is 12.5. The molecule has 0 saturated carbocycles. The lowest BCUT2D eigenvalue weighted by molar-refractivity contribution is 0.0914. The number of nitrogens with one attached hydrogen (secondary N) is 1. The maximum absolute atomic E-state index is 12.5. The summed E-state index contributed by atoms with van der Waals surface area (Å²) >= 11 is 0. The highest BCUT2D eigenvalue weighted by molar-refractivity contribution is 5.94. The van der Waals surface area contributed by atoms with Gasteiger partial charge in [0.05, 0.1) is 11.4 Å². The predicted molar refractivity (Wildman–Crippen MR) is 96.2 cm³/mol. The number of amides is 1. The molecule has 0 spiro atoms. The Kier molecular flexibility index (Phi) is 4.21. The number of benzene rings is 2. The summed E-state index contributed by atoms with van der Waals surface area (Å²) in [5.74, 6) is -0.172. The van der Waals surface area contributed by atoms with Crippen molar-refractivity contribution in [1.29, 1.82) is 0 Å². The Morgan fingerprint density at radius 1 is 0.958 bits per heavy atom. The molecule has 122 valence electrons. The smallest absolute Gasteiger partial charge is 0.272 e. The molecule has 3 aromatic rings. The van der Waals surface area contributed by atoms with Crippen LogP contribution in [0.1, 0.15) is 31.3 Å². The molecule has 0 bridgehead atoms. The number of hydrogen-bond donors (Lipinski definition) is 1. The number of carbonyl (C=O) groups excluding carboxylic acids is 1. The molecule has 3 rings (SSSR count). The van der Waals surface area contributed by atoms with Crippen LogP contribution in [0.2, 0.25) is 0 Å². The van der Waals surface area contributed by atoms with Crippen LogP contribution in [-0.4, -0.2) is 21.2 Å². The van der Waals surface area contributed by atoms with Crippen molar-refractivity contribution in [2.75, 3.05) is 0 Å². The zero-order valence-corrected chi connectivity index (χ0v) is 14.2. The summed E-state index contributed by atoms with van der Waals surface area (Å²) in [7, 11) is 0. The van der Waals surface area contributed by atoms with Gasteiger partial charge in [-0.05, 0) is 39.0 Å². The largest absolute Gasteiger partial charge is 0.346 e. The van der Waals surface area contributed by atoms with E-state index < -0.39 is 0 Å². The fraction of sp³-hybridized carbons (Fsp3) is 0.200. The standard InChI is InChI=1S/C20H21N3O/c1-20(2,3)21-19(24)17-14-18(15-10-6-4-7-11-15)23(22-17)16-12-8-5-9-13-16/h4-14H,1-3H3,(H,21,24). The van der Waals surface area contributed by atoms with Crippen LogP contribution < -0.4 is 5.32 Å². The van der Waals surface area contributed by atoms with E-state index in [-0.39, 0.29) is 11.4 Å². The molecule has 0 unspecified atom stereocenters. The second kappa shape index (κ2) is 6.32. The third-order valence-electron chi connectivity index (χ3n) is 3.50. The van der Waals surface area contributed by atoms with E-state index in [2.05, 4.69) is 10.4 Å². The van der Waals surface area contributed by atoms with Crippen molar-refractivity contribution in [3.05, 3.63) is 72.4 Å². The summed E-state index contributed by atoms with van der Waals surface area (Å²) < 4.78 is 1.81. The average molecular weight is 319 g/mol. The van der Waals surface area contributed by atoms with Gasteiger partial charge >= 0.3 is 0 Å². The molecule has 0 aliphatic carbocycles. The fourth-order valence-electron chi connectivity index (χ4n) is 2.48. The Labute approximate surface area is 142 Å². The van der Waals surface area contributed by atoms with Gasteiger partial charge in [0.2, 0.25) is 0 Å². The van der Waals surface area contributed by atoms with Crippen molar-refractivity contribution in [2.24, 2.45) is 0 Å². The van der Waals surface area contributed by atoms with E-state index in [9.17, 15) is 4.79 Å². The van der Waals surface area contributed by atoms with Crippen LogP contribution in [0.25, 0.3) is 16.9 Å². The summed E-state index contributed by atoms with van der Waals surface area (Å²) in [5, 5.41) is 7.51. The van der Waals surface area contributed by atoms with Crippen LogP contribution in [0, 0.1) is 0 Å². The third-order valence-corrected chi connectivity index (χ3v) is 3.50. The number of hydrogen-bond acceptors (Lipinski definition) is 2. The number of rotatable bonds is 3. The molecule has 24 heavy (non-hydrogen) atoms. The Bertz CT molecular complexity index is 773. The van der Waals surface area contributed by atoms with E-state index in [0.717, 1.165) is 16.9 Å². The van der Waals surface area contributed by atoms with Crippen LogP contribution in [-0.2, 0) is 0 Å². The number of aromatic nitrogens is 2. The van der Waals surface area contributed by atoms with Gasteiger partial charge in [-0.3, -0.25) is 4.79 Å². The van der Waals surface area contributed by atoms with Crippen LogP contribution in [0.15, 0.2) is 66.7 Å². The number of carbonyl (C=O) groups is 1. The van der Waals surface area contributed by atoms with Gasteiger partial charge in [0.1, 0.15) is 0 Å². The molecule has 0 aliphatic rings. The SMILES string of the molecule is CC(C)(C)NC(=O)c1cc(-c2ccccc2)n(-c2ccccc2)n1. The summed E-state index contributed by atoms with van der Waals surface area (Å²) in [5.41, 5.74) is 2.93.